The van der Waals surface area contributed by atoms with Crippen LogP contribution in [0.5, 0.6) is 0 Å². The third-order valence-corrected chi connectivity index (χ3v) is 3.20. The lowest BCUT2D eigenvalue weighted by molar-refractivity contribution is 0.765. The summed E-state index contributed by atoms with van der Waals surface area (Å²) in [5.74, 6) is 2.70. The van der Waals surface area contributed by atoms with Crippen molar-refractivity contribution in [2.24, 2.45) is 0 Å². The molecule has 0 saturated heterocycles. The molecule has 0 fully saturated rings. The first-order chi connectivity index (χ1) is 8.69. The van der Waals surface area contributed by atoms with E-state index in [9.17, 15) is 0 Å². The summed E-state index contributed by atoms with van der Waals surface area (Å²) in [6.45, 7) is 4.07. The standard InChI is InChI=1S/C12H14Cl2N4/c1-3-10-16-11(4-2)18(17-10)12-6-5-8(14)9(7-13)15-12/h5-6H,3-4,7H2,1-2H3. The van der Waals surface area contributed by atoms with Gasteiger partial charge in [-0.05, 0) is 12.1 Å². The van der Waals surface area contributed by atoms with Crippen molar-refractivity contribution in [3.63, 3.8) is 0 Å². The van der Waals surface area contributed by atoms with Gasteiger partial charge in [0.15, 0.2) is 11.6 Å². The van der Waals surface area contributed by atoms with Crippen molar-refractivity contribution in [1.29, 1.82) is 0 Å². The number of aryl methyl sites for hydroxylation is 2. The molecule has 0 unspecified atom stereocenters. The molecule has 0 N–H and O–H groups in total. The molecule has 6 heteroatoms. The first-order valence-corrected chi connectivity index (χ1v) is 6.77. The zero-order valence-corrected chi connectivity index (χ0v) is 11.8. The van der Waals surface area contributed by atoms with E-state index in [1.165, 1.54) is 0 Å². The van der Waals surface area contributed by atoms with Gasteiger partial charge in [0.1, 0.15) is 5.82 Å². The molecule has 0 aliphatic rings. The van der Waals surface area contributed by atoms with Gasteiger partial charge in [0.2, 0.25) is 0 Å². The zero-order chi connectivity index (χ0) is 13.1. The quantitative estimate of drug-likeness (QED) is 0.810. The Balaban J connectivity index is 2.50. The fourth-order valence-corrected chi connectivity index (χ4v) is 2.08. The molecule has 0 radical (unpaired) electrons. The van der Waals surface area contributed by atoms with Gasteiger partial charge >= 0.3 is 0 Å². The molecule has 0 saturated carbocycles. The molecule has 2 rings (SSSR count). The van der Waals surface area contributed by atoms with Crippen LogP contribution in [0.25, 0.3) is 5.82 Å². The highest BCUT2D eigenvalue weighted by Crippen LogP contribution is 2.18. The van der Waals surface area contributed by atoms with E-state index in [-0.39, 0.29) is 5.88 Å². The Kier molecular flexibility index (Phi) is 4.19. The van der Waals surface area contributed by atoms with Crippen LogP contribution in [-0.2, 0) is 18.7 Å². The highest BCUT2D eigenvalue weighted by Gasteiger charge is 2.11. The Morgan fingerprint density at radius 2 is 1.94 bits per heavy atom. The van der Waals surface area contributed by atoms with Gasteiger partial charge in [0.25, 0.3) is 0 Å². The summed E-state index contributed by atoms with van der Waals surface area (Å²) in [5, 5.41) is 5.00. The van der Waals surface area contributed by atoms with Crippen LogP contribution in [0.15, 0.2) is 12.1 Å². The Morgan fingerprint density at radius 1 is 1.17 bits per heavy atom. The minimum absolute atomic E-state index is 0.281. The van der Waals surface area contributed by atoms with Gasteiger partial charge in [-0.2, -0.15) is 4.68 Å². The van der Waals surface area contributed by atoms with E-state index in [2.05, 4.69) is 15.1 Å². The second kappa shape index (κ2) is 5.67. The number of alkyl halides is 1. The minimum atomic E-state index is 0.281. The highest BCUT2D eigenvalue weighted by atomic mass is 35.5. The van der Waals surface area contributed by atoms with Gasteiger partial charge in [-0.1, -0.05) is 25.4 Å². The summed E-state index contributed by atoms with van der Waals surface area (Å²) in [7, 11) is 0. The van der Waals surface area contributed by atoms with Crippen LogP contribution in [0.1, 0.15) is 31.2 Å². The lowest BCUT2D eigenvalue weighted by Crippen LogP contribution is -2.06. The van der Waals surface area contributed by atoms with Crippen molar-refractivity contribution in [3.05, 3.63) is 34.5 Å². The predicted molar refractivity (Wildman–Crippen MR) is 72.5 cm³/mol. The van der Waals surface area contributed by atoms with Gasteiger partial charge in [-0.25, -0.2) is 9.97 Å². The Bertz CT molecular complexity index is 551. The monoisotopic (exact) mass is 284 g/mol. The second-order valence-corrected chi connectivity index (χ2v) is 4.47. The lowest BCUT2D eigenvalue weighted by Gasteiger charge is -2.06. The highest BCUT2D eigenvalue weighted by molar-refractivity contribution is 6.32. The average Bonchev–Trinajstić information content (AvgIpc) is 2.82. The molecule has 0 spiro atoms. The molecule has 2 aromatic rings. The van der Waals surface area contributed by atoms with Crippen LogP contribution >= 0.6 is 23.2 Å². The number of rotatable bonds is 4. The van der Waals surface area contributed by atoms with E-state index in [0.29, 0.717) is 16.5 Å². The van der Waals surface area contributed by atoms with Crippen LogP contribution in [0, 0.1) is 0 Å². The molecule has 0 aliphatic heterocycles. The molecular formula is C12H14Cl2N4. The van der Waals surface area contributed by atoms with Crippen molar-refractivity contribution in [1.82, 2.24) is 19.7 Å². The van der Waals surface area contributed by atoms with E-state index >= 15 is 0 Å². The molecule has 96 valence electrons. The van der Waals surface area contributed by atoms with Crippen molar-refractivity contribution in [2.45, 2.75) is 32.6 Å². The first kappa shape index (κ1) is 13.3. The summed E-state index contributed by atoms with van der Waals surface area (Å²) >= 11 is 11.8. The molecule has 0 aromatic carbocycles. The van der Waals surface area contributed by atoms with E-state index in [1.807, 2.05) is 19.9 Å². The lowest BCUT2D eigenvalue weighted by atomic mass is 10.3. The fourth-order valence-electron chi connectivity index (χ4n) is 1.64. The van der Waals surface area contributed by atoms with Gasteiger partial charge in [0, 0.05) is 12.8 Å². The van der Waals surface area contributed by atoms with Crippen molar-refractivity contribution >= 4 is 23.2 Å². The summed E-state index contributed by atoms with van der Waals surface area (Å²) < 4.78 is 1.76. The number of aromatic nitrogens is 4. The van der Waals surface area contributed by atoms with Crippen LogP contribution in [0.4, 0.5) is 0 Å². The molecule has 2 aromatic heterocycles. The molecule has 0 aliphatic carbocycles. The van der Waals surface area contributed by atoms with Gasteiger partial charge in [0.05, 0.1) is 16.6 Å². The summed E-state index contributed by atoms with van der Waals surface area (Å²) in [4.78, 5) is 8.86. The fraction of sp³-hybridized carbons (Fsp3) is 0.417. The second-order valence-electron chi connectivity index (χ2n) is 3.79. The van der Waals surface area contributed by atoms with Crippen molar-refractivity contribution in [2.75, 3.05) is 0 Å². The van der Waals surface area contributed by atoms with Crippen LogP contribution in [0.3, 0.4) is 0 Å². The van der Waals surface area contributed by atoms with E-state index in [0.717, 1.165) is 24.5 Å². The molecule has 2 heterocycles. The topological polar surface area (TPSA) is 43.6 Å². The van der Waals surface area contributed by atoms with Crippen LogP contribution < -0.4 is 0 Å². The van der Waals surface area contributed by atoms with E-state index < -0.39 is 0 Å². The summed E-state index contributed by atoms with van der Waals surface area (Å²) in [6, 6.07) is 3.61. The normalized spacial score (nSPS) is 10.9. The molecular weight excluding hydrogens is 271 g/mol. The Labute approximate surface area is 116 Å². The van der Waals surface area contributed by atoms with Gasteiger partial charge in [-0.15, -0.1) is 16.7 Å². The largest absolute Gasteiger partial charge is 0.231 e. The van der Waals surface area contributed by atoms with Gasteiger partial charge < -0.3 is 0 Å². The van der Waals surface area contributed by atoms with E-state index in [4.69, 9.17) is 23.2 Å². The third-order valence-electron chi connectivity index (χ3n) is 2.60. The molecule has 0 amide bonds. The number of halogens is 2. The number of hydrogen-bond donors (Lipinski definition) is 0. The van der Waals surface area contributed by atoms with Crippen molar-refractivity contribution in [3.8, 4) is 5.82 Å². The summed E-state index contributed by atoms with van der Waals surface area (Å²) in [6.07, 6.45) is 1.60. The zero-order valence-electron chi connectivity index (χ0n) is 10.3. The number of hydrogen-bond acceptors (Lipinski definition) is 3. The van der Waals surface area contributed by atoms with E-state index in [1.54, 1.807) is 10.7 Å². The molecule has 4 nitrogen and oxygen atoms in total. The maximum atomic E-state index is 6.00. The predicted octanol–water partition coefficient (Wildman–Crippen LogP) is 3.18. The van der Waals surface area contributed by atoms with Crippen LogP contribution in [-0.4, -0.2) is 19.7 Å². The van der Waals surface area contributed by atoms with Gasteiger partial charge in [-0.3, -0.25) is 0 Å². The average molecular weight is 285 g/mol. The number of nitrogens with zero attached hydrogens (tertiary/aromatic N) is 4. The maximum absolute atomic E-state index is 6.00. The Morgan fingerprint density at radius 3 is 2.56 bits per heavy atom. The molecule has 18 heavy (non-hydrogen) atoms. The van der Waals surface area contributed by atoms with Crippen LogP contribution in [0.2, 0.25) is 5.02 Å². The Hall–Kier alpha value is -1.13. The maximum Gasteiger partial charge on any atom is 0.155 e. The third kappa shape index (κ3) is 2.49. The molecule has 0 atom stereocenters. The smallest absolute Gasteiger partial charge is 0.155 e. The van der Waals surface area contributed by atoms with Crippen molar-refractivity contribution < 1.29 is 0 Å². The first-order valence-electron chi connectivity index (χ1n) is 5.86. The molecule has 0 bridgehead atoms. The number of pyridine rings is 1. The SMILES string of the molecule is CCc1nc(CC)n(-c2ccc(Cl)c(CCl)n2)n1. The summed E-state index contributed by atoms with van der Waals surface area (Å²) in [5.41, 5.74) is 0.659. The minimum Gasteiger partial charge on any atom is -0.231 e.